The Morgan fingerprint density at radius 3 is 1.17 bits per heavy atom. The number of aromatic nitrogens is 3. The molecule has 5 nitrogen and oxygen atoms in total. The number of nitrogens with zero attached hydrogens (tertiary/aromatic N) is 3. The van der Waals surface area contributed by atoms with Gasteiger partial charge >= 0.3 is 0 Å². The molecule has 0 radical (unpaired) electrons. The molecule has 0 bridgehead atoms. The van der Waals surface area contributed by atoms with Gasteiger partial charge in [0.25, 0.3) is 0 Å². The van der Waals surface area contributed by atoms with Crippen LogP contribution in [-0.4, -0.2) is 22.1 Å². The monoisotopic (exact) mass is 913 g/mol. The van der Waals surface area contributed by atoms with Gasteiger partial charge in [-0.15, -0.1) is 0 Å². The maximum Gasteiger partial charge on any atom is 0.207 e. The first-order valence-corrected chi connectivity index (χ1v) is 25.4. The number of hydrogen-bond acceptors (Lipinski definition) is 2. The Hall–Kier alpha value is -7.67. The molecule has 0 N–H and O–H groups in total. The van der Waals surface area contributed by atoms with E-state index < -0.39 is 9.84 Å². The number of fused-ring (bicyclic) bond motifs is 15. The summed E-state index contributed by atoms with van der Waals surface area (Å²) in [6, 6.07) is 52.1. The van der Waals surface area contributed by atoms with Crippen LogP contribution in [0.15, 0.2) is 155 Å². The fourth-order valence-corrected chi connectivity index (χ4v) is 14.5. The van der Waals surface area contributed by atoms with Crippen LogP contribution in [0, 0.1) is 62.3 Å². The lowest BCUT2D eigenvalue weighted by atomic mass is 9.97. The summed E-state index contributed by atoms with van der Waals surface area (Å²) in [7, 11) is -3.62. The Labute approximate surface area is 402 Å². The van der Waals surface area contributed by atoms with Gasteiger partial charge in [-0.25, -0.2) is 8.42 Å². The predicted molar refractivity (Wildman–Crippen MR) is 288 cm³/mol. The normalized spacial score (nSPS) is 13.2. The maximum atomic E-state index is 13.8. The van der Waals surface area contributed by atoms with Crippen molar-refractivity contribution in [2.75, 3.05) is 0 Å². The SMILES string of the molecule is Cc1cc(C)c(-n2c3ccccc3c3c2c2c4ccccc4n(-c4c(C)cc(C)cc4C)c2c2c4cc(-c5ccc6c(c5)-c5ccccc5S6(=O)=O)ccc4n(-c4c(C)cc(C)cc4C)c32)c(C)c1. The molecule has 0 saturated heterocycles. The van der Waals surface area contributed by atoms with E-state index in [4.69, 9.17) is 0 Å². The van der Waals surface area contributed by atoms with E-state index in [2.05, 4.69) is 185 Å². The second-order valence-electron chi connectivity index (χ2n) is 19.9. The maximum absolute atomic E-state index is 13.8. The second kappa shape index (κ2) is 14.4. The van der Waals surface area contributed by atoms with Gasteiger partial charge in [0.2, 0.25) is 9.84 Å². The minimum Gasteiger partial charge on any atom is -0.308 e. The van der Waals surface area contributed by atoms with Gasteiger partial charge in [-0.05, 0) is 149 Å². The van der Waals surface area contributed by atoms with Gasteiger partial charge in [0.1, 0.15) is 0 Å². The summed E-state index contributed by atoms with van der Waals surface area (Å²) in [5.74, 6) is 0. The van der Waals surface area contributed by atoms with E-state index in [0.717, 1.165) is 49.7 Å². The fraction of sp³-hybridized carbons (Fsp3) is 0.143. The molecule has 0 atom stereocenters. The lowest BCUT2D eigenvalue weighted by Gasteiger charge is -2.19. The Kier molecular flexibility index (Phi) is 8.68. The molecule has 4 heterocycles. The van der Waals surface area contributed by atoms with Gasteiger partial charge in [0.15, 0.2) is 0 Å². The Bertz CT molecular complexity index is 4310. The molecular weight excluding hydrogens is 863 g/mol. The zero-order valence-corrected chi connectivity index (χ0v) is 41.2. The van der Waals surface area contributed by atoms with Gasteiger partial charge in [-0.1, -0.05) is 120 Å². The number of benzene rings is 9. The largest absolute Gasteiger partial charge is 0.308 e. The highest BCUT2D eigenvalue weighted by atomic mass is 32.2. The summed E-state index contributed by atoms with van der Waals surface area (Å²) in [4.78, 5) is 0.735. The molecule has 9 aromatic carbocycles. The van der Waals surface area contributed by atoms with Crippen molar-refractivity contribution in [3.63, 3.8) is 0 Å². The number of aryl methyl sites for hydroxylation is 9. The first-order valence-electron chi connectivity index (χ1n) is 23.9. The molecule has 6 heteroatoms. The average molecular weight is 914 g/mol. The van der Waals surface area contributed by atoms with Crippen molar-refractivity contribution < 1.29 is 8.42 Å². The van der Waals surface area contributed by atoms with E-state index in [1.807, 2.05) is 18.2 Å². The van der Waals surface area contributed by atoms with Crippen LogP contribution in [0.1, 0.15) is 50.1 Å². The summed E-state index contributed by atoms with van der Waals surface area (Å²) in [5.41, 5.74) is 25.1. The number of hydrogen-bond donors (Lipinski definition) is 0. The van der Waals surface area contributed by atoms with Crippen LogP contribution in [0.3, 0.4) is 0 Å². The van der Waals surface area contributed by atoms with Gasteiger partial charge in [0, 0.05) is 43.4 Å². The van der Waals surface area contributed by atoms with Crippen LogP contribution in [0.5, 0.6) is 0 Å². The number of rotatable bonds is 4. The summed E-state index contributed by atoms with van der Waals surface area (Å²) in [5, 5.41) is 7.13. The standard InChI is InChI=1S/C63H51N3O2S/c1-34-26-37(4)58(38(5)27-34)64-50-19-13-10-17-46(50)56-61(64)55-47-18-11-14-20-51(47)65(59-39(6)28-35(2)29-40(59)7)62(55)57-49-33-43(22-24-52(49)66(63(56)57)60-41(8)30-36(3)31-42(60)9)44-23-25-54-48(32-44)45-16-12-15-21-53(45)69(54,67)68/h10-33H,1-9H3. The Morgan fingerprint density at radius 1 is 0.333 bits per heavy atom. The average Bonchev–Trinajstić information content (AvgIpc) is 3.99. The van der Waals surface area contributed by atoms with Crippen molar-refractivity contribution in [2.24, 2.45) is 0 Å². The number of para-hydroxylation sites is 2. The lowest BCUT2D eigenvalue weighted by molar-refractivity contribution is 0.598. The molecule has 0 amide bonds. The van der Waals surface area contributed by atoms with E-state index in [1.54, 1.807) is 18.2 Å². The van der Waals surface area contributed by atoms with Gasteiger partial charge in [-0.3, -0.25) is 0 Å². The Morgan fingerprint density at radius 2 is 0.696 bits per heavy atom. The van der Waals surface area contributed by atoms with E-state index in [1.165, 1.54) is 105 Å². The van der Waals surface area contributed by atoms with Crippen LogP contribution in [0.4, 0.5) is 0 Å². The third-order valence-corrected chi connectivity index (χ3v) is 16.9. The number of sulfone groups is 1. The highest BCUT2D eigenvalue weighted by Gasteiger charge is 2.34. The fourth-order valence-electron chi connectivity index (χ4n) is 12.8. The predicted octanol–water partition coefficient (Wildman–Crippen LogP) is 16.2. The van der Waals surface area contributed by atoms with Crippen molar-refractivity contribution in [1.82, 2.24) is 13.7 Å². The van der Waals surface area contributed by atoms with Crippen LogP contribution in [-0.2, 0) is 9.84 Å². The molecular formula is C63H51N3O2S. The lowest BCUT2D eigenvalue weighted by Crippen LogP contribution is -2.04. The molecule has 0 spiro atoms. The second-order valence-corrected chi connectivity index (χ2v) is 21.8. The zero-order valence-electron chi connectivity index (χ0n) is 40.4. The highest BCUT2D eigenvalue weighted by molar-refractivity contribution is 7.92. The molecule has 0 aliphatic carbocycles. The quantitative estimate of drug-likeness (QED) is 0.177. The van der Waals surface area contributed by atoms with Crippen molar-refractivity contribution in [2.45, 2.75) is 72.1 Å². The summed E-state index contributed by atoms with van der Waals surface area (Å²) >= 11 is 0. The van der Waals surface area contributed by atoms with Gasteiger partial charge in [-0.2, -0.15) is 0 Å². The minimum absolute atomic E-state index is 0.364. The van der Waals surface area contributed by atoms with E-state index in [0.29, 0.717) is 9.79 Å². The summed E-state index contributed by atoms with van der Waals surface area (Å²) in [6.07, 6.45) is 0. The molecule has 1 aliphatic heterocycles. The van der Waals surface area contributed by atoms with E-state index >= 15 is 0 Å². The molecule has 12 aromatic rings. The topological polar surface area (TPSA) is 48.9 Å². The first-order chi connectivity index (χ1) is 33.2. The molecule has 69 heavy (non-hydrogen) atoms. The van der Waals surface area contributed by atoms with Crippen molar-refractivity contribution in [3.05, 3.63) is 196 Å². The van der Waals surface area contributed by atoms with E-state index in [9.17, 15) is 8.42 Å². The third kappa shape index (κ3) is 5.61. The van der Waals surface area contributed by atoms with Crippen molar-refractivity contribution >= 4 is 75.3 Å². The minimum atomic E-state index is -3.62. The molecule has 1 aliphatic rings. The van der Waals surface area contributed by atoms with Crippen molar-refractivity contribution in [1.29, 1.82) is 0 Å². The molecule has 13 rings (SSSR count). The molecule has 0 unspecified atom stereocenters. The highest BCUT2D eigenvalue weighted by Crippen LogP contribution is 2.52. The molecule has 3 aromatic heterocycles. The zero-order chi connectivity index (χ0) is 47.5. The Balaban J connectivity index is 1.32. The summed E-state index contributed by atoms with van der Waals surface area (Å²) in [6.45, 7) is 20.1. The van der Waals surface area contributed by atoms with Gasteiger partial charge < -0.3 is 13.7 Å². The smallest absolute Gasteiger partial charge is 0.207 e. The van der Waals surface area contributed by atoms with Crippen LogP contribution >= 0.6 is 0 Å². The first kappa shape index (κ1) is 41.5. The van der Waals surface area contributed by atoms with Crippen LogP contribution in [0.25, 0.3) is 105 Å². The van der Waals surface area contributed by atoms with E-state index in [-0.39, 0.29) is 0 Å². The molecule has 336 valence electrons. The van der Waals surface area contributed by atoms with Crippen LogP contribution in [0.2, 0.25) is 0 Å². The summed E-state index contributed by atoms with van der Waals surface area (Å²) < 4.78 is 35.4. The molecule has 0 saturated carbocycles. The third-order valence-electron chi connectivity index (χ3n) is 15.1. The van der Waals surface area contributed by atoms with Crippen molar-refractivity contribution in [3.8, 4) is 39.3 Å². The van der Waals surface area contributed by atoms with Crippen LogP contribution < -0.4 is 0 Å². The molecule has 0 fully saturated rings. The van der Waals surface area contributed by atoms with Gasteiger partial charge in [0.05, 0.1) is 60.0 Å².